The minimum Gasteiger partial charge on any atom is -0.478 e. The van der Waals surface area contributed by atoms with Crippen LogP contribution < -0.4 is 4.90 Å². The Labute approximate surface area is 108 Å². The highest BCUT2D eigenvalue weighted by atomic mass is 16.4. The second kappa shape index (κ2) is 5.40. The third-order valence-corrected chi connectivity index (χ3v) is 3.39. The van der Waals surface area contributed by atoms with E-state index in [-0.39, 0.29) is 0 Å². The van der Waals surface area contributed by atoms with Crippen molar-refractivity contribution >= 4 is 11.7 Å². The maximum absolute atomic E-state index is 11.2. The predicted molar refractivity (Wildman–Crippen MR) is 72.5 cm³/mol. The van der Waals surface area contributed by atoms with E-state index < -0.39 is 5.97 Å². The molecule has 1 heterocycles. The molecule has 0 saturated carbocycles. The predicted octanol–water partition coefficient (Wildman–Crippen LogP) is 1.70. The molecule has 18 heavy (non-hydrogen) atoms. The third kappa shape index (κ3) is 2.64. The molecule has 98 valence electrons. The average molecular weight is 248 g/mol. The zero-order chi connectivity index (χ0) is 13.1. The largest absolute Gasteiger partial charge is 0.478 e. The van der Waals surface area contributed by atoms with Crippen LogP contribution in [0.5, 0.6) is 0 Å². The minimum absolute atomic E-state index is 0.460. The van der Waals surface area contributed by atoms with Gasteiger partial charge in [-0.25, -0.2) is 4.79 Å². The van der Waals surface area contributed by atoms with E-state index in [9.17, 15) is 9.90 Å². The molecule has 0 aromatic heterocycles. The number of fused-ring (bicyclic) bond motifs is 1. The molecule has 1 N–H and O–H groups in total. The molecule has 0 radical (unpaired) electrons. The first-order chi connectivity index (χ1) is 8.59. The first kappa shape index (κ1) is 12.9. The molecule has 1 aromatic carbocycles. The Kier molecular flexibility index (Phi) is 3.87. The van der Waals surface area contributed by atoms with E-state index in [4.69, 9.17) is 0 Å². The molecule has 1 aliphatic rings. The van der Waals surface area contributed by atoms with E-state index in [1.807, 2.05) is 12.1 Å². The van der Waals surface area contributed by atoms with Gasteiger partial charge in [0.25, 0.3) is 0 Å². The second-order valence-electron chi connectivity index (χ2n) is 5.00. The molecule has 0 bridgehead atoms. The van der Waals surface area contributed by atoms with Crippen molar-refractivity contribution in [3.8, 4) is 0 Å². The molecule has 0 unspecified atom stereocenters. The summed E-state index contributed by atoms with van der Waals surface area (Å²) in [7, 11) is 4.11. The maximum Gasteiger partial charge on any atom is 0.336 e. The summed E-state index contributed by atoms with van der Waals surface area (Å²) >= 11 is 0. The molecule has 0 saturated heterocycles. The first-order valence-electron chi connectivity index (χ1n) is 6.34. The van der Waals surface area contributed by atoms with Gasteiger partial charge >= 0.3 is 5.97 Å². The summed E-state index contributed by atoms with van der Waals surface area (Å²) in [5.41, 5.74) is 2.56. The highest BCUT2D eigenvalue weighted by Gasteiger charge is 2.21. The molecule has 1 aliphatic heterocycles. The number of likely N-dealkylation sites (N-methyl/N-ethyl adjacent to an activating group) is 1. The van der Waals surface area contributed by atoms with Gasteiger partial charge in [-0.05, 0) is 44.6 Å². The maximum atomic E-state index is 11.2. The number of aromatic carboxylic acids is 1. The molecular weight excluding hydrogens is 228 g/mol. The highest BCUT2D eigenvalue weighted by Crippen LogP contribution is 2.29. The monoisotopic (exact) mass is 248 g/mol. The fourth-order valence-corrected chi connectivity index (χ4v) is 2.45. The molecule has 0 fully saturated rings. The zero-order valence-corrected chi connectivity index (χ0v) is 11.0. The van der Waals surface area contributed by atoms with E-state index in [2.05, 4.69) is 23.9 Å². The van der Waals surface area contributed by atoms with Crippen molar-refractivity contribution in [1.29, 1.82) is 0 Å². The van der Waals surface area contributed by atoms with Crippen molar-refractivity contribution < 1.29 is 9.90 Å². The van der Waals surface area contributed by atoms with Gasteiger partial charge in [0, 0.05) is 25.3 Å². The number of rotatable bonds is 4. The minimum atomic E-state index is -0.818. The first-order valence-corrected chi connectivity index (χ1v) is 6.34. The van der Waals surface area contributed by atoms with E-state index in [1.165, 1.54) is 0 Å². The summed E-state index contributed by atoms with van der Waals surface area (Å²) in [4.78, 5) is 15.7. The van der Waals surface area contributed by atoms with Gasteiger partial charge in [0.15, 0.2) is 0 Å². The Morgan fingerprint density at radius 1 is 1.44 bits per heavy atom. The number of hydrogen-bond donors (Lipinski definition) is 1. The summed E-state index contributed by atoms with van der Waals surface area (Å²) in [5.74, 6) is -0.818. The SMILES string of the molecule is CN(C)CCN1CCCc2c(C(=O)O)cccc21. The fourth-order valence-electron chi connectivity index (χ4n) is 2.45. The second-order valence-corrected chi connectivity index (χ2v) is 5.00. The Morgan fingerprint density at radius 2 is 2.22 bits per heavy atom. The molecule has 4 heteroatoms. The van der Waals surface area contributed by atoms with Crippen LogP contribution in [0.4, 0.5) is 5.69 Å². The van der Waals surface area contributed by atoms with Gasteiger partial charge in [-0.1, -0.05) is 6.07 Å². The summed E-state index contributed by atoms with van der Waals surface area (Å²) in [6, 6.07) is 5.59. The van der Waals surface area contributed by atoms with Crippen LogP contribution in [0.2, 0.25) is 0 Å². The number of nitrogens with zero attached hydrogens (tertiary/aromatic N) is 2. The standard InChI is InChI=1S/C14H20N2O2/c1-15(2)9-10-16-8-4-6-11-12(14(17)18)5-3-7-13(11)16/h3,5,7H,4,6,8-10H2,1-2H3,(H,17,18). The smallest absolute Gasteiger partial charge is 0.336 e. The van der Waals surface area contributed by atoms with Gasteiger partial charge in [-0.15, -0.1) is 0 Å². The topological polar surface area (TPSA) is 43.8 Å². The number of carboxylic acid groups (broad SMARTS) is 1. The average Bonchev–Trinajstić information content (AvgIpc) is 2.35. The molecular formula is C14H20N2O2. The van der Waals surface area contributed by atoms with Crippen molar-refractivity contribution in [3.05, 3.63) is 29.3 Å². The zero-order valence-electron chi connectivity index (χ0n) is 11.0. The molecule has 2 rings (SSSR count). The van der Waals surface area contributed by atoms with Gasteiger partial charge in [0.1, 0.15) is 0 Å². The van der Waals surface area contributed by atoms with Crippen molar-refractivity contribution in [3.63, 3.8) is 0 Å². The number of anilines is 1. The van der Waals surface area contributed by atoms with Crippen molar-refractivity contribution in [2.45, 2.75) is 12.8 Å². The summed E-state index contributed by atoms with van der Waals surface area (Å²) in [6.07, 6.45) is 1.90. The normalized spacial score (nSPS) is 14.7. The van der Waals surface area contributed by atoms with Crippen LogP contribution in [0.3, 0.4) is 0 Å². The molecule has 0 amide bonds. The molecule has 0 spiro atoms. The summed E-state index contributed by atoms with van der Waals surface area (Å²) < 4.78 is 0. The quantitative estimate of drug-likeness (QED) is 0.880. The third-order valence-electron chi connectivity index (χ3n) is 3.39. The Hall–Kier alpha value is -1.55. The molecule has 0 aliphatic carbocycles. The lowest BCUT2D eigenvalue weighted by molar-refractivity contribution is 0.0695. The van der Waals surface area contributed by atoms with Crippen molar-refractivity contribution in [2.75, 3.05) is 38.6 Å². The van der Waals surface area contributed by atoms with Crippen LogP contribution in [-0.2, 0) is 6.42 Å². The number of carboxylic acids is 1. The van der Waals surface area contributed by atoms with Gasteiger partial charge in [0.2, 0.25) is 0 Å². The molecule has 0 atom stereocenters. The van der Waals surface area contributed by atoms with Gasteiger partial charge in [0.05, 0.1) is 5.56 Å². The van der Waals surface area contributed by atoms with E-state index in [0.29, 0.717) is 5.56 Å². The number of carbonyl (C=O) groups is 1. The van der Waals surface area contributed by atoms with Crippen LogP contribution in [0.15, 0.2) is 18.2 Å². The lowest BCUT2D eigenvalue weighted by Gasteiger charge is -2.32. The molecule has 4 nitrogen and oxygen atoms in total. The summed E-state index contributed by atoms with van der Waals surface area (Å²) in [5, 5.41) is 9.22. The van der Waals surface area contributed by atoms with E-state index >= 15 is 0 Å². The van der Waals surface area contributed by atoms with Gasteiger partial charge in [-0.2, -0.15) is 0 Å². The fraction of sp³-hybridized carbons (Fsp3) is 0.500. The Bertz CT molecular complexity index is 443. The van der Waals surface area contributed by atoms with Crippen LogP contribution in [-0.4, -0.2) is 49.7 Å². The van der Waals surface area contributed by atoms with E-state index in [1.54, 1.807) is 6.07 Å². The summed E-state index contributed by atoms with van der Waals surface area (Å²) in [6.45, 7) is 2.95. The lowest BCUT2D eigenvalue weighted by atomic mass is 9.96. The Balaban J connectivity index is 2.26. The van der Waals surface area contributed by atoms with Crippen LogP contribution in [0, 0.1) is 0 Å². The van der Waals surface area contributed by atoms with Crippen LogP contribution in [0.1, 0.15) is 22.3 Å². The van der Waals surface area contributed by atoms with Gasteiger partial charge < -0.3 is 14.9 Å². The van der Waals surface area contributed by atoms with Crippen molar-refractivity contribution in [2.24, 2.45) is 0 Å². The Morgan fingerprint density at radius 3 is 2.89 bits per heavy atom. The van der Waals surface area contributed by atoms with Crippen LogP contribution in [0.25, 0.3) is 0 Å². The number of hydrogen-bond acceptors (Lipinski definition) is 3. The highest BCUT2D eigenvalue weighted by molar-refractivity contribution is 5.91. The molecule has 1 aromatic rings. The van der Waals surface area contributed by atoms with Crippen LogP contribution >= 0.6 is 0 Å². The lowest BCUT2D eigenvalue weighted by Crippen LogP contribution is -2.35. The number of benzene rings is 1. The van der Waals surface area contributed by atoms with Crippen molar-refractivity contribution in [1.82, 2.24) is 4.90 Å². The van der Waals surface area contributed by atoms with Gasteiger partial charge in [-0.3, -0.25) is 0 Å². The van der Waals surface area contributed by atoms with E-state index in [0.717, 1.165) is 43.7 Å².